The molecule has 0 saturated carbocycles. The van der Waals surface area contributed by atoms with Gasteiger partial charge in [-0.25, -0.2) is 9.59 Å². The van der Waals surface area contributed by atoms with Crippen molar-refractivity contribution in [2.24, 2.45) is 40.1 Å². The maximum atomic E-state index is 14.3. The molecule has 22 heteroatoms. The van der Waals surface area contributed by atoms with Gasteiger partial charge in [0.1, 0.15) is 35.9 Å². The Balaban J connectivity index is 2.73. The highest BCUT2D eigenvalue weighted by molar-refractivity contribution is 6.00. The molecule has 12 N–H and O–H groups in total. The highest BCUT2D eigenvalue weighted by Gasteiger charge is 2.35. The summed E-state index contributed by atoms with van der Waals surface area (Å²) in [6.45, 7) is 16.0. The number of amides is 7. The molecule has 1 heterocycles. The topological polar surface area (TPSA) is 343 Å². The number of carboxylic acids is 2. The van der Waals surface area contributed by atoms with Crippen molar-refractivity contribution in [2.75, 3.05) is 20.7 Å². The van der Waals surface area contributed by atoms with Crippen LogP contribution in [0.15, 0.2) is 71.4 Å². The standard InChI is InChI=1S/C51H78N10O12/c1-28(2)23-38-47(67)59-39(24-29(3)4)48(68)60-40(50(71)72)27-42(62)55-36(17-14-22-54-51(52)53)46(66)56-35(19-18-30(5)25-31(6)41(73-10)26-34-15-12-11-13-16-34)32(7)44(64)57-37(49(69)70)20-21-43(63)61(9)33(8)45(65)58-38/h11-13,15-16,18-19,25,28-29,31-32,35-41H,8,14,17,20-24,26-27H2,1-7,9-10H3,(H,55,62)(H,56,66)(H,57,64)(H,58,65)(H,59,67)(H,60,68)(H,69,70)(H,71,72)(H4,52,53,54)/b19-18+,30-25+/t31-,32-,35-,36-,37+,38+,39-,40+,41-/m0/s1. The zero-order valence-corrected chi connectivity index (χ0v) is 43.6. The SMILES string of the molecule is C=C1C(=O)N[C@H](CC(C)C)C(=O)N[C@@H](CC(C)C)C(=O)N[C@@H](C(=O)O)CC(=O)N[C@@H](CCCN=C(N)N)C(=O)N[C@@H](/C=C/C(C)=C/[C@H](C)[C@H](Cc2ccccc2)OC)[C@H](C)C(=O)N[C@@H](C(=O)O)CCC(=O)N1C. The second-order valence-corrected chi connectivity index (χ2v) is 19.3. The molecule has 404 valence electrons. The normalized spacial score (nSPS) is 24.0. The molecule has 7 amide bonds. The summed E-state index contributed by atoms with van der Waals surface area (Å²) in [7, 11) is 2.84. The number of ether oxygens (including phenoxy) is 1. The number of nitrogens with two attached hydrogens (primary N) is 2. The second-order valence-electron chi connectivity index (χ2n) is 19.3. The highest BCUT2D eigenvalue weighted by Crippen LogP contribution is 2.19. The van der Waals surface area contributed by atoms with Gasteiger partial charge >= 0.3 is 11.9 Å². The summed E-state index contributed by atoms with van der Waals surface area (Å²) in [4.78, 5) is 127. The van der Waals surface area contributed by atoms with Crippen LogP contribution in [-0.4, -0.2) is 137 Å². The summed E-state index contributed by atoms with van der Waals surface area (Å²) >= 11 is 0. The molecule has 22 nitrogen and oxygen atoms in total. The van der Waals surface area contributed by atoms with E-state index in [1.165, 1.54) is 20.0 Å². The number of nitrogens with one attached hydrogen (secondary N) is 6. The van der Waals surface area contributed by atoms with E-state index in [2.05, 4.69) is 43.5 Å². The number of methoxy groups -OCH3 is 1. The number of hydrogen-bond donors (Lipinski definition) is 10. The van der Waals surface area contributed by atoms with Crippen LogP contribution in [-0.2, 0) is 54.3 Å². The first kappa shape index (κ1) is 62.0. The summed E-state index contributed by atoms with van der Waals surface area (Å²) in [5.74, 6) is -11.1. The van der Waals surface area contributed by atoms with Crippen molar-refractivity contribution in [3.8, 4) is 0 Å². The highest BCUT2D eigenvalue weighted by atomic mass is 16.5. The molecule has 0 aliphatic carbocycles. The number of allylic oxidation sites excluding steroid dienone is 2. The zero-order valence-electron chi connectivity index (χ0n) is 43.6. The average molecular weight is 1020 g/mol. The lowest BCUT2D eigenvalue weighted by Gasteiger charge is -2.27. The van der Waals surface area contributed by atoms with Crippen LogP contribution in [0.2, 0.25) is 0 Å². The van der Waals surface area contributed by atoms with Gasteiger partial charge in [-0.2, -0.15) is 0 Å². The fraction of sp³-hybridized carbons (Fsp3) is 0.569. The Hall–Kier alpha value is -7.10. The van der Waals surface area contributed by atoms with E-state index in [-0.39, 0.29) is 62.0 Å². The fourth-order valence-corrected chi connectivity index (χ4v) is 7.83. The molecule has 1 fully saturated rings. The molecule has 1 saturated heterocycles. The van der Waals surface area contributed by atoms with Crippen LogP contribution in [0.3, 0.4) is 0 Å². The predicted octanol–water partition coefficient (Wildman–Crippen LogP) is 1.40. The van der Waals surface area contributed by atoms with E-state index in [0.717, 1.165) is 10.5 Å². The molecule has 9 atom stereocenters. The average Bonchev–Trinajstić information content (AvgIpc) is 3.31. The maximum absolute atomic E-state index is 14.3. The Bertz CT molecular complexity index is 2190. The lowest BCUT2D eigenvalue weighted by Crippen LogP contribution is -2.57. The van der Waals surface area contributed by atoms with Crippen LogP contribution >= 0.6 is 0 Å². The number of carboxylic acid groups (broad SMARTS) is 2. The number of rotatable bonds is 17. The van der Waals surface area contributed by atoms with Crippen LogP contribution < -0.4 is 43.4 Å². The largest absolute Gasteiger partial charge is 0.480 e. The van der Waals surface area contributed by atoms with E-state index in [1.807, 2.05) is 43.3 Å². The third-order valence-corrected chi connectivity index (χ3v) is 12.1. The van der Waals surface area contributed by atoms with Gasteiger partial charge < -0.3 is 63.2 Å². The molecule has 0 aromatic heterocycles. The Kier molecular flexibility index (Phi) is 26.1. The number of nitrogens with zero attached hydrogens (tertiary/aromatic N) is 2. The summed E-state index contributed by atoms with van der Waals surface area (Å²) in [5, 5.41) is 35.7. The predicted molar refractivity (Wildman–Crippen MR) is 274 cm³/mol. The minimum Gasteiger partial charge on any atom is -0.480 e. The Morgan fingerprint density at radius 2 is 1.38 bits per heavy atom. The summed E-state index contributed by atoms with van der Waals surface area (Å²) < 4.78 is 5.82. The van der Waals surface area contributed by atoms with Gasteiger partial charge in [0, 0.05) is 33.0 Å². The molecule has 1 aromatic rings. The van der Waals surface area contributed by atoms with E-state index < -0.39 is 120 Å². The smallest absolute Gasteiger partial charge is 0.326 e. The van der Waals surface area contributed by atoms with Crippen molar-refractivity contribution in [1.82, 2.24) is 36.8 Å². The molecular formula is C51H78N10O12. The number of hydrogen-bond acceptors (Lipinski definition) is 11. The first-order valence-electron chi connectivity index (χ1n) is 24.5. The minimum absolute atomic E-state index is 0.0133. The third-order valence-electron chi connectivity index (χ3n) is 12.1. The fourth-order valence-electron chi connectivity index (χ4n) is 7.83. The monoisotopic (exact) mass is 1020 g/mol. The molecule has 0 unspecified atom stereocenters. The van der Waals surface area contributed by atoms with Crippen molar-refractivity contribution in [3.05, 3.63) is 72.0 Å². The molecule has 1 aliphatic rings. The van der Waals surface area contributed by atoms with Gasteiger partial charge in [0.15, 0.2) is 5.96 Å². The molecular weight excluding hydrogens is 945 g/mol. The van der Waals surface area contributed by atoms with E-state index in [0.29, 0.717) is 12.0 Å². The van der Waals surface area contributed by atoms with Crippen molar-refractivity contribution in [3.63, 3.8) is 0 Å². The van der Waals surface area contributed by atoms with Gasteiger partial charge in [-0.1, -0.05) is 102 Å². The van der Waals surface area contributed by atoms with Crippen molar-refractivity contribution in [1.29, 1.82) is 0 Å². The second kappa shape index (κ2) is 30.7. The lowest BCUT2D eigenvalue weighted by molar-refractivity contribution is -0.144. The van der Waals surface area contributed by atoms with Crippen LogP contribution in [0.1, 0.15) is 99.0 Å². The molecule has 0 spiro atoms. The van der Waals surface area contributed by atoms with Gasteiger partial charge in [-0.15, -0.1) is 0 Å². The van der Waals surface area contributed by atoms with Gasteiger partial charge in [0.2, 0.25) is 35.4 Å². The number of aliphatic imine (C=N–C) groups is 1. The first-order chi connectivity index (χ1) is 34.2. The van der Waals surface area contributed by atoms with Crippen LogP contribution in [0, 0.1) is 23.7 Å². The third kappa shape index (κ3) is 22.1. The van der Waals surface area contributed by atoms with Gasteiger partial charge in [-0.3, -0.25) is 38.6 Å². The molecule has 0 radical (unpaired) electrons. The maximum Gasteiger partial charge on any atom is 0.326 e. The van der Waals surface area contributed by atoms with Crippen molar-refractivity contribution < 1.29 is 58.1 Å². The number of carbonyl (C=O) groups is 9. The molecule has 73 heavy (non-hydrogen) atoms. The molecule has 2 rings (SSSR count). The minimum atomic E-state index is -1.86. The summed E-state index contributed by atoms with van der Waals surface area (Å²) in [5.41, 5.74) is 12.4. The number of aliphatic carboxylic acids is 2. The van der Waals surface area contributed by atoms with E-state index >= 15 is 0 Å². The van der Waals surface area contributed by atoms with Gasteiger partial charge in [0.25, 0.3) is 5.91 Å². The summed E-state index contributed by atoms with van der Waals surface area (Å²) in [6.07, 6.45) is 3.87. The van der Waals surface area contributed by atoms with Gasteiger partial charge in [0.05, 0.1) is 24.5 Å². The quantitative estimate of drug-likeness (QED) is 0.0347. The molecule has 1 aliphatic heterocycles. The lowest BCUT2D eigenvalue weighted by atomic mass is 9.94. The first-order valence-corrected chi connectivity index (χ1v) is 24.5. The van der Waals surface area contributed by atoms with Crippen LogP contribution in [0.5, 0.6) is 0 Å². The number of likely N-dealkylation sites (N-methyl/N-ethyl adjacent to an activating group) is 1. The Labute approximate surface area is 428 Å². The Morgan fingerprint density at radius 1 is 0.822 bits per heavy atom. The van der Waals surface area contributed by atoms with Gasteiger partial charge in [-0.05, 0) is 62.8 Å². The van der Waals surface area contributed by atoms with E-state index in [1.54, 1.807) is 47.8 Å². The van der Waals surface area contributed by atoms with Crippen LogP contribution in [0.25, 0.3) is 0 Å². The Morgan fingerprint density at radius 3 is 1.95 bits per heavy atom. The zero-order chi connectivity index (χ0) is 55.1. The van der Waals surface area contributed by atoms with Crippen LogP contribution in [0.4, 0.5) is 0 Å². The number of benzene rings is 1. The van der Waals surface area contributed by atoms with Crippen molar-refractivity contribution >= 4 is 59.2 Å². The summed E-state index contributed by atoms with van der Waals surface area (Å²) in [6, 6.07) is 1.10. The van der Waals surface area contributed by atoms with Crippen molar-refractivity contribution in [2.45, 2.75) is 142 Å². The molecule has 1 aromatic carbocycles. The number of carbonyl (C=O) groups excluding carboxylic acids is 7. The number of guanidine groups is 1. The van der Waals surface area contributed by atoms with E-state index in [4.69, 9.17) is 16.2 Å². The van der Waals surface area contributed by atoms with E-state index in [9.17, 15) is 53.4 Å². The molecule has 0 bridgehead atoms.